The Morgan fingerprint density at radius 3 is 3.05 bits per heavy atom. The topological polar surface area (TPSA) is 30.5 Å². The molecule has 1 aromatic rings. The second-order valence-corrected chi connectivity index (χ2v) is 5.09. The summed E-state index contributed by atoms with van der Waals surface area (Å²) in [7, 11) is 1.76. The Kier molecular flexibility index (Phi) is 6.18. The predicted molar refractivity (Wildman–Crippen MR) is 77.9 cm³/mol. The minimum atomic E-state index is 0.846. The summed E-state index contributed by atoms with van der Waals surface area (Å²) in [6.07, 6.45) is 5.82. The average Bonchev–Trinajstić information content (AvgIpc) is 2.89. The van der Waals surface area contributed by atoms with Gasteiger partial charge in [-0.15, -0.1) is 0 Å². The van der Waals surface area contributed by atoms with Gasteiger partial charge in [0.1, 0.15) is 5.75 Å². The highest BCUT2D eigenvalue weighted by molar-refractivity contribution is 5.39. The highest BCUT2D eigenvalue weighted by Crippen LogP contribution is 2.25. The Bertz CT molecular complexity index is 379. The summed E-state index contributed by atoms with van der Waals surface area (Å²) in [5.74, 6) is 1.08. The van der Waals surface area contributed by atoms with Crippen molar-refractivity contribution in [3.8, 4) is 5.75 Å². The molecule has 19 heavy (non-hydrogen) atoms. The molecule has 1 aromatic carbocycles. The molecule has 3 nitrogen and oxygen atoms in total. The highest BCUT2D eigenvalue weighted by atomic mass is 16.5. The summed E-state index contributed by atoms with van der Waals surface area (Å²) < 4.78 is 10.6. The van der Waals surface area contributed by atoms with Crippen molar-refractivity contribution in [2.24, 2.45) is 0 Å². The van der Waals surface area contributed by atoms with Crippen LogP contribution in [0.5, 0.6) is 5.75 Å². The van der Waals surface area contributed by atoms with E-state index in [4.69, 9.17) is 9.47 Å². The number of benzene rings is 1. The van der Waals surface area contributed by atoms with E-state index in [0.29, 0.717) is 0 Å². The number of ether oxygens (including phenoxy) is 2. The van der Waals surface area contributed by atoms with Crippen LogP contribution in [0.4, 0.5) is 0 Å². The van der Waals surface area contributed by atoms with Gasteiger partial charge < -0.3 is 14.8 Å². The molecule has 106 valence electrons. The maximum absolute atomic E-state index is 5.52. The Balaban J connectivity index is 1.56. The fourth-order valence-electron chi connectivity index (χ4n) is 2.43. The van der Waals surface area contributed by atoms with Crippen molar-refractivity contribution in [2.45, 2.75) is 32.1 Å². The van der Waals surface area contributed by atoms with Crippen LogP contribution in [0.1, 0.15) is 30.4 Å². The van der Waals surface area contributed by atoms with Gasteiger partial charge in [0.15, 0.2) is 0 Å². The van der Waals surface area contributed by atoms with Gasteiger partial charge in [-0.25, -0.2) is 0 Å². The number of rotatable bonds is 9. The Hall–Kier alpha value is -1.06. The van der Waals surface area contributed by atoms with E-state index in [1.54, 1.807) is 7.11 Å². The molecular weight excluding hydrogens is 238 g/mol. The van der Waals surface area contributed by atoms with Gasteiger partial charge in [-0.3, -0.25) is 0 Å². The third kappa shape index (κ3) is 4.84. The first-order valence-corrected chi connectivity index (χ1v) is 7.34. The van der Waals surface area contributed by atoms with Crippen molar-refractivity contribution in [2.75, 3.05) is 33.4 Å². The monoisotopic (exact) mass is 263 g/mol. The SMILES string of the molecule is COCCCCCNCCc1ccc2c(c1)CCO2. The Morgan fingerprint density at radius 1 is 1.21 bits per heavy atom. The zero-order valence-corrected chi connectivity index (χ0v) is 11.9. The first-order chi connectivity index (χ1) is 9.40. The van der Waals surface area contributed by atoms with E-state index >= 15 is 0 Å². The van der Waals surface area contributed by atoms with Gasteiger partial charge in [-0.2, -0.15) is 0 Å². The van der Waals surface area contributed by atoms with Crippen molar-refractivity contribution >= 4 is 0 Å². The number of hydrogen-bond donors (Lipinski definition) is 1. The van der Waals surface area contributed by atoms with E-state index in [1.807, 2.05) is 0 Å². The van der Waals surface area contributed by atoms with Crippen LogP contribution in [0, 0.1) is 0 Å². The molecule has 0 radical (unpaired) electrons. The van der Waals surface area contributed by atoms with Crippen LogP contribution in [0.25, 0.3) is 0 Å². The third-order valence-corrected chi connectivity index (χ3v) is 3.55. The molecule has 0 saturated heterocycles. The molecule has 1 aliphatic rings. The third-order valence-electron chi connectivity index (χ3n) is 3.55. The maximum Gasteiger partial charge on any atom is 0.122 e. The molecule has 0 atom stereocenters. The molecule has 0 aliphatic carbocycles. The molecule has 3 heteroatoms. The molecule has 2 rings (SSSR count). The maximum atomic E-state index is 5.52. The normalized spacial score (nSPS) is 13.3. The predicted octanol–water partition coefficient (Wildman–Crippen LogP) is 2.57. The molecule has 0 saturated carbocycles. The number of unbranched alkanes of at least 4 members (excludes halogenated alkanes) is 2. The zero-order valence-electron chi connectivity index (χ0n) is 11.9. The van der Waals surface area contributed by atoms with E-state index in [1.165, 1.54) is 30.4 Å². The van der Waals surface area contributed by atoms with Gasteiger partial charge in [-0.05, 0) is 56.0 Å². The minimum absolute atomic E-state index is 0.846. The zero-order chi connectivity index (χ0) is 13.3. The van der Waals surface area contributed by atoms with Gasteiger partial charge in [-0.1, -0.05) is 12.1 Å². The van der Waals surface area contributed by atoms with Crippen LogP contribution in [-0.4, -0.2) is 33.4 Å². The van der Waals surface area contributed by atoms with Crippen LogP contribution in [0.15, 0.2) is 18.2 Å². The lowest BCUT2D eigenvalue weighted by molar-refractivity contribution is 0.192. The highest BCUT2D eigenvalue weighted by Gasteiger charge is 2.11. The summed E-state index contributed by atoms with van der Waals surface area (Å²) in [5, 5.41) is 3.51. The molecule has 0 amide bonds. The summed E-state index contributed by atoms with van der Waals surface area (Å²) in [6, 6.07) is 6.59. The largest absolute Gasteiger partial charge is 0.493 e. The molecule has 1 heterocycles. The second-order valence-electron chi connectivity index (χ2n) is 5.09. The Labute approximate surface area is 116 Å². The van der Waals surface area contributed by atoms with Gasteiger partial charge in [0.05, 0.1) is 6.61 Å². The molecule has 0 spiro atoms. The van der Waals surface area contributed by atoms with E-state index in [-0.39, 0.29) is 0 Å². The van der Waals surface area contributed by atoms with Gasteiger partial charge >= 0.3 is 0 Å². The van der Waals surface area contributed by atoms with Crippen molar-refractivity contribution < 1.29 is 9.47 Å². The lowest BCUT2D eigenvalue weighted by atomic mass is 10.1. The summed E-state index contributed by atoms with van der Waals surface area (Å²) in [5.41, 5.74) is 2.79. The van der Waals surface area contributed by atoms with Crippen LogP contribution >= 0.6 is 0 Å². The van der Waals surface area contributed by atoms with E-state index in [0.717, 1.165) is 44.9 Å². The van der Waals surface area contributed by atoms with Crippen molar-refractivity contribution in [3.05, 3.63) is 29.3 Å². The first kappa shape index (κ1) is 14.4. The van der Waals surface area contributed by atoms with Crippen LogP contribution in [-0.2, 0) is 17.6 Å². The summed E-state index contributed by atoms with van der Waals surface area (Å²) in [6.45, 7) is 3.90. The van der Waals surface area contributed by atoms with Gasteiger partial charge in [0.2, 0.25) is 0 Å². The van der Waals surface area contributed by atoms with E-state index < -0.39 is 0 Å². The van der Waals surface area contributed by atoms with Crippen LogP contribution in [0.2, 0.25) is 0 Å². The van der Waals surface area contributed by atoms with Gasteiger partial charge in [0.25, 0.3) is 0 Å². The van der Waals surface area contributed by atoms with Gasteiger partial charge in [0, 0.05) is 20.1 Å². The molecule has 1 aliphatic heterocycles. The van der Waals surface area contributed by atoms with E-state index in [2.05, 4.69) is 23.5 Å². The molecule has 0 fully saturated rings. The fourth-order valence-corrected chi connectivity index (χ4v) is 2.43. The Morgan fingerprint density at radius 2 is 2.16 bits per heavy atom. The van der Waals surface area contributed by atoms with Crippen LogP contribution < -0.4 is 10.1 Å². The first-order valence-electron chi connectivity index (χ1n) is 7.34. The summed E-state index contributed by atoms with van der Waals surface area (Å²) >= 11 is 0. The average molecular weight is 263 g/mol. The number of hydrogen-bond acceptors (Lipinski definition) is 3. The number of fused-ring (bicyclic) bond motifs is 1. The fraction of sp³-hybridized carbons (Fsp3) is 0.625. The van der Waals surface area contributed by atoms with Crippen molar-refractivity contribution in [3.63, 3.8) is 0 Å². The quantitative estimate of drug-likeness (QED) is 0.695. The summed E-state index contributed by atoms with van der Waals surface area (Å²) in [4.78, 5) is 0. The standard InChI is InChI=1S/C16H25NO2/c1-18-11-4-2-3-9-17-10-7-14-5-6-16-15(13-14)8-12-19-16/h5-6,13,17H,2-4,7-12H2,1H3. The van der Waals surface area contributed by atoms with Crippen LogP contribution in [0.3, 0.4) is 0 Å². The smallest absolute Gasteiger partial charge is 0.122 e. The second kappa shape index (κ2) is 8.18. The minimum Gasteiger partial charge on any atom is -0.493 e. The number of nitrogens with one attached hydrogen (secondary N) is 1. The molecule has 0 unspecified atom stereocenters. The molecule has 0 aromatic heterocycles. The number of methoxy groups -OCH3 is 1. The molecule has 1 N–H and O–H groups in total. The lowest BCUT2D eigenvalue weighted by Crippen LogP contribution is -2.18. The molecular formula is C16H25NO2. The van der Waals surface area contributed by atoms with E-state index in [9.17, 15) is 0 Å². The van der Waals surface area contributed by atoms with Crippen molar-refractivity contribution in [1.82, 2.24) is 5.32 Å². The molecule has 0 bridgehead atoms. The lowest BCUT2D eigenvalue weighted by Gasteiger charge is -2.06. The van der Waals surface area contributed by atoms with Crippen molar-refractivity contribution in [1.29, 1.82) is 0 Å².